The van der Waals surface area contributed by atoms with Gasteiger partial charge in [-0.15, -0.1) is 0 Å². The molecule has 1 aromatic heterocycles. The summed E-state index contributed by atoms with van der Waals surface area (Å²) in [5.41, 5.74) is 5.20. The Balaban J connectivity index is 1.63. The zero-order valence-corrected chi connectivity index (χ0v) is 20.0. The number of nitrogens with zero attached hydrogens (tertiary/aromatic N) is 1. The number of hydrogen-bond donors (Lipinski definition) is 3. The largest absolute Gasteiger partial charge is 0.495 e. The van der Waals surface area contributed by atoms with E-state index in [1.54, 1.807) is 48.5 Å². The lowest BCUT2D eigenvalue weighted by molar-refractivity contribution is -0.133. The number of methoxy groups -OCH3 is 1. The maximum atomic E-state index is 13.1. The molecule has 0 aliphatic rings. The van der Waals surface area contributed by atoms with E-state index in [0.717, 1.165) is 10.0 Å². The van der Waals surface area contributed by atoms with E-state index in [9.17, 15) is 14.4 Å². The maximum absolute atomic E-state index is 13.1. The first-order valence-corrected chi connectivity index (χ1v) is 11.1. The van der Waals surface area contributed by atoms with Gasteiger partial charge in [-0.25, -0.2) is 4.68 Å². The van der Waals surface area contributed by atoms with Gasteiger partial charge in [0.2, 0.25) is 0 Å². The monoisotopic (exact) mass is 520 g/mol. The van der Waals surface area contributed by atoms with Crippen LogP contribution in [0.1, 0.15) is 16.1 Å². The van der Waals surface area contributed by atoms with Gasteiger partial charge in [-0.3, -0.25) is 19.8 Å². The molecular formula is C25H21BrN4O4. The lowest BCUT2D eigenvalue weighted by Crippen LogP contribution is -2.36. The molecule has 4 aromatic rings. The summed E-state index contributed by atoms with van der Waals surface area (Å²) >= 11 is 3.42. The molecule has 9 heteroatoms. The topological polar surface area (TPSA) is 101 Å². The number of aromatic nitrogens is 1. The van der Waals surface area contributed by atoms with Gasteiger partial charge >= 0.3 is 11.8 Å². The van der Waals surface area contributed by atoms with Crippen LogP contribution in [-0.2, 0) is 9.59 Å². The molecule has 3 N–H and O–H groups in total. The summed E-state index contributed by atoms with van der Waals surface area (Å²) in [6.07, 6.45) is 0. The van der Waals surface area contributed by atoms with Gasteiger partial charge in [0.25, 0.3) is 5.91 Å². The predicted molar refractivity (Wildman–Crippen MR) is 135 cm³/mol. The van der Waals surface area contributed by atoms with Crippen LogP contribution in [0.25, 0.3) is 10.9 Å². The first kappa shape index (κ1) is 23.1. The number of benzene rings is 3. The van der Waals surface area contributed by atoms with Crippen LogP contribution in [0, 0.1) is 6.92 Å². The summed E-state index contributed by atoms with van der Waals surface area (Å²) in [4.78, 5) is 38.5. The highest BCUT2D eigenvalue weighted by atomic mass is 79.9. The zero-order valence-electron chi connectivity index (χ0n) is 18.4. The third-order valence-corrected chi connectivity index (χ3v) is 5.54. The summed E-state index contributed by atoms with van der Waals surface area (Å²) in [6.45, 7) is 1.92. The Bertz CT molecular complexity index is 1410. The Kier molecular flexibility index (Phi) is 6.65. The molecule has 3 aromatic carbocycles. The number of carbonyl (C=O) groups excluding carboxylic acids is 3. The summed E-state index contributed by atoms with van der Waals surface area (Å²) in [6, 6.07) is 21.1. The van der Waals surface area contributed by atoms with E-state index in [2.05, 4.69) is 32.0 Å². The van der Waals surface area contributed by atoms with Crippen LogP contribution >= 0.6 is 15.9 Å². The number of ether oxygens (including phenoxy) is 1. The third-order valence-electron chi connectivity index (χ3n) is 5.05. The van der Waals surface area contributed by atoms with Crippen LogP contribution in [0.5, 0.6) is 5.75 Å². The SMILES string of the molecule is COc1ccccc1NC(=O)C(=O)Nn1c(C(=O)Nc2cccc(C)c2)cc2cc(Br)ccc21. The van der Waals surface area contributed by atoms with Crippen LogP contribution < -0.4 is 20.8 Å². The lowest BCUT2D eigenvalue weighted by Gasteiger charge is -2.14. The van der Waals surface area contributed by atoms with Crippen LogP contribution in [0.15, 0.2) is 77.3 Å². The summed E-state index contributed by atoms with van der Waals surface area (Å²) in [7, 11) is 1.47. The minimum absolute atomic E-state index is 0.160. The minimum atomic E-state index is -0.948. The quantitative estimate of drug-likeness (QED) is 0.332. The first-order chi connectivity index (χ1) is 16.4. The number of para-hydroxylation sites is 2. The van der Waals surface area contributed by atoms with Crippen molar-refractivity contribution in [1.82, 2.24) is 4.68 Å². The van der Waals surface area contributed by atoms with Crippen molar-refractivity contribution in [2.45, 2.75) is 6.92 Å². The van der Waals surface area contributed by atoms with Crippen molar-refractivity contribution in [2.75, 3.05) is 23.2 Å². The van der Waals surface area contributed by atoms with Gasteiger partial charge in [-0.1, -0.05) is 40.2 Å². The number of rotatable bonds is 5. The fourth-order valence-corrected chi connectivity index (χ4v) is 3.85. The smallest absolute Gasteiger partial charge is 0.328 e. The average molecular weight is 521 g/mol. The Morgan fingerprint density at radius 1 is 0.882 bits per heavy atom. The second-order valence-electron chi connectivity index (χ2n) is 7.49. The number of aryl methyl sites for hydroxylation is 1. The summed E-state index contributed by atoms with van der Waals surface area (Å²) in [5, 5.41) is 6.06. The molecule has 4 rings (SSSR count). The van der Waals surface area contributed by atoms with E-state index in [-0.39, 0.29) is 5.69 Å². The average Bonchev–Trinajstić information content (AvgIpc) is 3.16. The predicted octanol–water partition coefficient (Wildman–Crippen LogP) is 4.68. The highest BCUT2D eigenvalue weighted by Crippen LogP contribution is 2.25. The molecule has 34 heavy (non-hydrogen) atoms. The fraction of sp³-hybridized carbons (Fsp3) is 0.0800. The molecule has 0 atom stereocenters. The Morgan fingerprint density at radius 2 is 1.68 bits per heavy atom. The molecule has 0 saturated carbocycles. The molecule has 3 amide bonds. The molecule has 0 bridgehead atoms. The molecule has 0 unspecified atom stereocenters. The number of hydrogen-bond acceptors (Lipinski definition) is 4. The number of fused-ring (bicyclic) bond motifs is 1. The van der Waals surface area contributed by atoms with Crippen LogP contribution in [0.4, 0.5) is 11.4 Å². The van der Waals surface area contributed by atoms with Crippen molar-refractivity contribution in [3.63, 3.8) is 0 Å². The van der Waals surface area contributed by atoms with Crippen LogP contribution in [0.3, 0.4) is 0 Å². The van der Waals surface area contributed by atoms with Crippen LogP contribution in [-0.4, -0.2) is 29.5 Å². The van der Waals surface area contributed by atoms with Gasteiger partial charge in [-0.2, -0.15) is 0 Å². The summed E-state index contributed by atoms with van der Waals surface area (Å²) in [5.74, 6) is -1.88. The molecular weight excluding hydrogens is 500 g/mol. The first-order valence-electron chi connectivity index (χ1n) is 10.3. The number of carbonyl (C=O) groups is 3. The Morgan fingerprint density at radius 3 is 2.44 bits per heavy atom. The van der Waals surface area contributed by atoms with Crippen molar-refractivity contribution in [1.29, 1.82) is 0 Å². The van der Waals surface area contributed by atoms with E-state index in [0.29, 0.717) is 28.0 Å². The summed E-state index contributed by atoms with van der Waals surface area (Å²) < 4.78 is 7.32. The Hall–Kier alpha value is -4.11. The van der Waals surface area contributed by atoms with Crippen molar-refractivity contribution >= 4 is 55.9 Å². The number of amides is 3. The van der Waals surface area contributed by atoms with Gasteiger partial charge in [0.15, 0.2) is 0 Å². The molecule has 1 heterocycles. The van der Waals surface area contributed by atoms with Crippen molar-refractivity contribution < 1.29 is 19.1 Å². The van der Waals surface area contributed by atoms with E-state index < -0.39 is 17.7 Å². The second kappa shape index (κ2) is 9.80. The normalized spacial score (nSPS) is 10.6. The second-order valence-corrected chi connectivity index (χ2v) is 8.40. The standard InChI is InChI=1S/C25H21BrN4O4/c1-15-6-5-7-18(12-15)27-23(31)21-14-16-13-17(26)10-11-20(16)30(21)29-25(33)24(32)28-19-8-3-4-9-22(19)34-2/h3-14H,1-2H3,(H,27,31)(H,28,32)(H,29,33). The van der Waals surface area contributed by atoms with Crippen molar-refractivity contribution in [2.24, 2.45) is 0 Å². The molecule has 0 radical (unpaired) electrons. The van der Waals surface area contributed by atoms with Crippen LogP contribution in [0.2, 0.25) is 0 Å². The van der Waals surface area contributed by atoms with Gasteiger partial charge in [0.1, 0.15) is 11.4 Å². The van der Waals surface area contributed by atoms with E-state index in [1.165, 1.54) is 11.8 Å². The Labute approximate surface area is 204 Å². The lowest BCUT2D eigenvalue weighted by atomic mass is 10.2. The molecule has 0 saturated heterocycles. The number of nitrogens with one attached hydrogen (secondary N) is 3. The molecule has 0 aliphatic carbocycles. The van der Waals surface area contributed by atoms with Crippen molar-refractivity contribution in [3.05, 3.63) is 88.5 Å². The third kappa shape index (κ3) is 4.94. The minimum Gasteiger partial charge on any atom is -0.495 e. The molecule has 0 fully saturated rings. The van der Waals surface area contributed by atoms with Gasteiger partial charge in [-0.05, 0) is 61.0 Å². The van der Waals surface area contributed by atoms with E-state index in [4.69, 9.17) is 4.74 Å². The maximum Gasteiger partial charge on any atom is 0.328 e. The number of anilines is 2. The van der Waals surface area contributed by atoms with Gasteiger partial charge in [0.05, 0.1) is 18.3 Å². The molecule has 0 spiro atoms. The molecule has 8 nitrogen and oxygen atoms in total. The zero-order chi connectivity index (χ0) is 24.2. The highest BCUT2D eigenvalue weighted by Gasteiger charge is 2.22. The van der Waals surface area contributed by atoms with E-state index in [1.807, 2.05) is 31.2 Å². The van der Waals surface area contributed by atoms with Gasteiger partial charge in [0, 0.05) is 15.5 Å². The fourth-order valence-electron chi connectivity index (χ4n) is 3.47. The molecule has 172 valence electrons. The highest BCUT2D eigenvalue weighted by molar-refractivity contribution is 9.10. The number of halogens is 1. The van der Waals surface area contributed by atoms with E-state index >= 15 is 0 Å². The molecule has 0 aliphatic heterocycles. The van der Waals surface area contributed by atoms with Crippen molar-refractivity contribution in [3.8, 4) is 5.75 Å². The van der Waals surface area contributed by atoms with Gasteiger partial charge < -0.3 is 15.4 Å².